The van der Waals surface area contributed by atoms with Crippen LogP contribution in [0.25, 0.3) is 16.7 Å². The number of pyridine rings is 1. The van der Waals surface area contributed by atoms with Crippen molar-refractivity contribution in [2.75, 3.05) is 7.11 Å². The number of hydrogen-bond donors (Lipinski definition) is 1. The van der Waals surface area contributed by atoms with Gasteiger partial charge in [0.25, 0.3) is 5.56 Å². The van der Waals surface area contributed by atoms with Crippen molar-refractivity contribution in [1.82, 2.24) is 4.57 Å². The van der Waals surface area contributed by atoms with Crippen molar-refractivity contribution >= 4 is 22.7 Å². The zero-order chi connectivity index (χ0) is 21.9. The van der Waals surface area contributed by atoms with Gasteiger partial charge in [-0.2, -0.15) is 0 Å². The van der Waals surface area contributed by atoms with E-state index >= 15 is 0 Å². The van der Waals surface area contributed by atoms with Crippen LogP contribution in [0.2, 0.25) is 0 Å². The van der Waals surface area contributed by atoms with E-state index in [1.54, 1.807) is 23.8 Å². The third-order valence-corrected chi connectivity index (χ3v) is 6.81. The number of nitrogens with zero attached hydrogens (tertiary/aromatic N) is 1. The number of aromatic nitrogens is 1. The maximum Gasteiger partial charge on any atom is 0.354 e. The van der Waals surface area contributed by atoms with Crippen LogP contribution in [0.15, 0.2) is 78.4 Å². The van der Waals surface area contributed by atoms with Gasteiger partial charge in [0.15, 0.2) is 5.75 Å². The molecule has 156 valence electrons. The van der Waals surface area contributed by atoms with Crippen LogP contribution < -0.4 is 15.9 Å². The molecule has 0 spiro atoms. The van der Waals surface area contributed by atoms with Gasteiger partial charge >= 0.3 is 5.63 Å². The molecule has 2 aromatic heterocycles. The van der Waals surface area contributed by atoms with Crippen molar-refractivity contribution < 1.29 is 14.3 Å². The largest absolute Gasteiger partial charge is 0.505 e. The smallest absolute Gasteiger partial charge is 0.354 e. The van der Waals surface area contributed by atoms with Crippen LogP contribution in [0, 0.1) is 0 Å². The number of benzene rings is 2. The molecule has 0 radical (unpaired) electrons. The monoisotopic (exact) mass is 433 g/mol. The summed E-state index contributed by atoms with van der Waals surface area (Å²) in [6, 6.07) is 16.3. The molecule has 6 nitrogen and oxygen atoms in total. The summed E-state index contributed by atoms with van der Waals surface area (Å²) in [5.74, 6) is 0.327. The minimum atomic E-state index is -0.682. The van der Waals surface area contributed by atoms with Gasteiger partial charge in [-0.25, -0.2) is 4.79 Å². The van der Waals surface area contributed by atoms with E-state index in [1.807, 2.05) is 56.3 Å². The third kappa shape index (κ3) is 2.80. The van der Waals surface area contributed by atoms with Crippen LogP contribution in [0.5, 0.6) is 11.5 Å². The molecule has 7 heteroatoms. The van der Waals surface area contributed by atoms with E-state index in [4.69, 9.17) is 9.15 Å². The Hall–Kier alpha value is -3.45. The van der Waals surface area contributed by atoms with E-state index in [2.05, 4.69) is 0 Å². The molecule has 3 heterocycles. The SMILES string of the molecule is COc1ccc2c(c1)C(C)(C)c1cc3oc(=O)c(Sc4ccccc4)c(O)c3c(=O)n1-2. The van der Waals surface area contributed by atoms with Crippen molar-refractivity contribution in [2.45, 2.75) is 29.1 Å². The highest BCUT2D eigenvalue weighted by Crippen LogP contribution is 2.44. The van der Waals surface area contributed by atoms with Gasteiger partial charge in [0.1, 0.15) is 21.6 Å². The summed E-state index contributed by atoms with van der Waals surface area (Å²) in [5.41, 5.74) is 0.751. The molecule has 0 saturated carbocycles. The van der Waals surface area contributed by atoms with Crippen molar-refractivity contribution in [1.29, 1.82) is 0 Å². The Labute approximate surface area is 181 Å². The highest BCUT2D eigenvalue weighted by Gasteiger charge is 2.38. The van der Waals surface area contributed by atoms with Gasteiger partial charge in [-0.15, -0.1) is 0 Å². The van der Waals surface area contributed by atoms with Gasteiger partial charge in [0, 0.05) is 22.1 Å². The fraction of sp³-hybridized carbons (Fsp3) is 0.167. The molecule has 0 atom stereocenters. The van der Waals surface area contributed by atoms with Crippen molar-refractivity contribution in [3.05, 3.63) is 86.6 Å². The van der Waals surface area contributed by atoms with Crippen LogP contribution in [0.3, 0.4) is 0 Å². The van der Waals surface area contributed by atoms with E-state index in [9.17, 15) is 14.7 Å². The normalized spacial score (nSPS) is 13.8. The summed E-state index contributed by atoms with van der Waals surface area (Å²) in [7, 11) is 1.59. The molecule has 0 bridgehead atoms. The zero-order valence-electron chi connectivity index (χ0n) is 17.1. The molecule has 1 N–H and O–H groups in total. The summed E-state index contributed by atoms with van der Waals surface area (Å²) in [4.78, 5) is 27.0. The van der Waals surface area contributed by atoms with E-state index in [-0.39, 0.29) is 21.6 Å². The number of methoxy groups -OCH3 is 1. The second-order valence-electron chi connectivity index (χ2n) is 7.90. The fourth-order valence-corrected chi connectivity index (χ4v) is 4.97. The lowest BCUT2D eigenvalue weighted by Gasteiger charge is -2.20. The minimum Gasteiger partial charge on any atom is -0.505 e. The average molecular weight is 433 g/mol. The number of hydrogen-bond acceptors (Lipinski definition) is 6. The highest BCUT2D eigenvalue weighted by atomic mass is 32.2. The first-order valence-electron chi connectivity index (χ1n) is 9.71. The molecule has 0 saturated heterocycles. The first-order valence-corrected chi connectivity index (χ1v) is 10.5. The molecular weight excluding hydrogens is 414 g/mol. The van der Waals surface area contributed by atoms with Gasteiger partial charge in [0.2, 0.25) is 0 Å². The maximum absolute atomic E-state index is 13.6. The highest BCUT2D eigenvalue weighted by molar-refractivity contribution is 7.99. The Morgan fingerprint density at radius 2 is 1.81 bits per heavy atom. The second-order valence-corrected chi connectivity index (χ2v) is 8.98. The molecule has 2 aromatic carbocycles. The maximum atomic E-state index is 13.6. The molecule has 1 aliphatic heterocycles. The molecule has 0 amide bonds. The molecule has 1 aliphatic rings. The van der Waals surface area contributed by atoms with E-state index < -0.39 is 16.6 Å². The summed E-state index contributed by atoms with van der Waals surface area (Å²) in [6.07, 6.45) is 0. The summed E-state index contributed by atoms with van der Waals surface area (Å²) in [6.45, 7) is 3.99. The lowest BCUT2D eigenvalue weighted by Crippen LogP contribution is -2.24. The Bertz CT molecular complexity index is 1470. The zero-order valence-corrected chi connectivity index (χ0v) is 17.9. The van der Waals surface area contributed by atoms with Crippen molar-refractivity contribution in [3.8, 4) is 17.2 Å². The lowest BCUT2D eigenvalue weighted by atomic mass is 9.83. The van der Waals surface area contributed by atoms with Crippen LogP contribution in [-0.2, 0) is 5.41 Å². The van der Waals surface area contributed by atoms with E-state index in [0.29, 0.717) is 11.4 Å². The van der Waals surface area contributed by atoms with E-state index in [0.717, 1.165) is 27.9 Å². The number of rotatable bonds is 3. The van der Waals surface area contributed by atoms with Gasteiger partial charge in [-0.1, -0.05) is 43.8 Å². The Morgan fingerprint density at radius 1 is 1.06 bits per heavy atom. The van der Waals surface area contributed by atoms with Crippen LogP contribution in [-0.4, -0.2) is 16.8 Å². The average Bonchev–Trinajstić information content (AvgIpc) is 2.98. The summed E-state index contributed by atoms with van der Waals surface area (Å²) in [5, 5.41) is 10.9. The van der Waals surface area contributed by atoms with Crippen LogP contribution in [0.1, 0.15) is 25.1 Å². The Balaban J connectivity index is 1.80. The van der Waals surface area contributed by atoms with Crippen molar-refractivity contribution in [3.63, 3.8) is 0 Å². The molecular formula is C24H19NO5S. The van der Waals surface area contributed by atoms with Gasteiger partial charge in [-0.05, 0) is 35.9 Å². The predicted octanol–water partition coefficient (Wildman–Crippen LogP) is 4.45. The summed E-state index contributed by atoms with van der Waals surface area (Å²) < 4.78 is 12.4. The van der Waals surface area contributed by atoms with Gasteiger partial charge in [0.05, 0.1) is 12.8 Å². The van der Waals surface area contributed by atoms with Crippen molar-refractivity contribution in [2.24, 2.45) is 0 Å². The molecule has 0 fully saturated rings. The molecule has 31 heavy (non-hydrogen) atoms. The first kappa shape index (κ1) is 19.5. The second kappa shape index (κ2) is 6.78. The molecule has 5 rings (SSSR count). The number of ether oxygens (including phenoxy) is 1. The fourth-order valence-electron chi connectivity index (χ4n) is 4.11. The summed E-state index contributed by atoms with van der Waals surface area (Å²) >= 11 is 1.07. The Kier molecular flexibility index (Phi) is 4.27. The van der Waals surface area contributed by atoms with Gasteiger partial charge in [-0.3, -0.25) is 9.36 Å². The Morgan fingerprint density at radius 3 is 2.52 bits per heavy atom. The third-order valence-electron chi connectivity index (χ3n) is 5.73. The number of fused-ring (bicyclic) bond motifs is 4. The molecule has 0 aliphatic carbocycles. The van der Waals surface area contributed by atoms with Crippen LogP contribution in [0.4, 0.5) is 0 Å². The number of aromatic hydroxyl groups is 1. The molecule has 4 aromatic rings. The minimum absolute atomic E-state index is 0.0106. The van der Waals surface area contributed by atoms with E-state index in [1.165, 1.54) is 0 Å². The predicted molar refractivity (Wildman–Crippen MR) is 119 cm³/mol. The van der Waals surface area contributed by atoms with Crippen LogP contribution >= 0.6 is 11.8 Å². The first-order chi connectivity index (χ1) is 14.8. The lowest BCUT2D eigenvalue weighted by molar-refractivity contribution is 0.413. The standard InChI is InChI=1S/C24H19NO5S/c1-24(2)15-11-13(29-3)9-10-16(15)25-18(24)12-17-19(22(25)27)20(26)21(23(28)30-17)31-14-7-5-4-6-8-14/h4-12,26H,1-3H3. The topological polar surface area (TPSA) is 81.7 Å². The molecule has 0 unspecified atom stereocenters. The quantitative estimate of drug-likeness (QED) is 0.514. The van der Waals surface area contributed by atoms with Gasteiger partial charge < -0.3 is 14.3 Å².